The highest BCUT2D eigenvalue weighted by molar-refractivity contribution is 6.13. The summed E-state index contributed by atoms with van der Waals surface area (Å²) in [6.45, 7) is 10.1. The molecule has 1 atom stereocenters. The molecule has 0 fully saturated rings. The van der Waals surface area contributed by atoms with Crippen molar-refractivity contribution in [3.63, 3.8) is 0 Å². The molecule has 128 valence electrons. The maximum atomic E-state index is 11.1. The van der Waals surface area contributed by atoms with Gasteiger partial charge in [-0.15, -0.1) is 0 Å². The lowest BCUT2D eigenvalue weighted by Crippen LogP contribution is -2.32. The molecule has 1 heterocycles. The van der Waals surface area contributed by atoms with Crippen LogP contribution in [0.4, 0.5) is 0 Å². The quantitative estimate of drug-likeness (QED) is 0.888. The lowest BCUT2D eigenvalue weighted by molar-refractivity contribution is -0.121. The van der Waals surface area contributed by atoms with Crippen LogP contribution in [0.25, 0.3) is 16.6 Å². The molecule has 1 aromatic heterocycles. The normalized spacial score (nSPS) is 15.0. The van der Waals surface area contributed by atoms with Gasteiger partial charge in [0.15, 0.2) is 11.9 Å². The fourth-order valence-electron chi connectivity index (χ4n) is 2.17. The molecule has 23 heavy (non-hydrogen) atoms. The van der Waals surface area contributed by atoms with Gasteiger partial charge in [-0.25, -0.2) is 0 Å². The van der Waals surface area contributed by atoms with E-state index in [4.69, 9.17) is 0 Å². The zero-order valence-electron chi connectivity index (χ0n) is 15.1. The van der Waals surface area contributed by atoms with E-state index in [1.807, 2.05) is 44.5 Å². The summed E-state index contributed by atoms with van der Waals surface area (Å²) in [5.41, 5.74) is 7.46. The van der Waals surface area contributed by atoms with Gasteiger partial charge in [-0.1, -0.05) is 46.8 Å². The molecule has 1 aliphatic carbocycles. The van der Waals surface area contributed by atoms with E-state index in [-0.39, 0.29) is 5.78 Å². The van der Waals surface area contributed by atoms with Crippen LogP contribution in [0.1, 0.15) is 40.2 Å². The summed E-state index contributed by atoms with van der Waals surface area (Å²) in [4.78, 5) is 11.1. The van der Waals surface area contributed by atoms with Crippen molar-refractivity contribution >= 4 is 22.4 Å². The van der Waals surface area contributed by atoms with E-state index in [1.54, 1.807) is 0 Å². The molecule has 2 aromatic rings. The number of fused-ring (bicyclic) bond motifs is 1. The first-order valence-electron chi connectivity index (χ1n) is 8.32. The van der Waals surface area contributed by atoms with E-state index in [0.717, 1.165) is 17.3 Å². The minimum atomic E-state index is -0.962. The third-order valence-electron chi connectivity index (χ3n) is 3.28. The molecule has 0 aliphatic heterocycles. The molecule has 0 radical (unpaired) electrons. The zero-order valence-corrected chi connectivity index (χ0v) is 15.1. The topological polar surface area (TPSA) is 68.2 Å². The van der Waals surface area contributed by atoms with Gasteiger partial charge in [-0.05, 0) is 36.6 Å². The number of hydrogen-bond donors (Lipinski definition) is 2. The van der Waals surface area contributed by atoms with Crippen molar-refractivity contribution in [1.29, 1.82) is 0 Å². The molecule has 1 unspecified atom stereocenters. The van der Waals surface area contributed by atoms with Gasteiger partial charge in [0.25, 0.3) is 0 Å². The lowest BCUT2D eigenvalue weighted by Gasteiger charge is -2.22. The Morgan fingerprint density at radius 2 is 1.74 bits per heavy atom. The van der Waals surface area contributed by atoms with Crippen LogP contribution in [0.3, 0.4) is 0 Å². The molecule has 0 bridgehead atoms. The molecular formula is C19H30N2O2. The zero-order chi connectivity index (χ0) is 18.0. The minimum Gasteiger partial charge on any atom is -0.379 e. The first-order valence-corrected chi connectivity index (χ1v) is 8.32. The number of rotatable bonds is 2. The van der Waals surface area contributed by atoms with Gasteiger partial charge < -0.3 is 15.4 Å². The van der Waals surface area contributed by atoms with Gasteiger partial charge in [0.05, 0.1) is 11.2 Å². The van der Waals surface area contributed by atoms with Crippen molar-refractivity contribution in [2.75, 3.05) is 7.05 Å². The lowest BCUT2D eigenvalue weighted by atomic mass is 10.00. The van der Waals surface area contributed by atoms with Gasteiger partial charge in [-0.2, -0.15) is 0 Å². The van der Waals surface area contributed by atoms with Crippen molar-refractivity contribution in [2.24, 2.45) is 5.73 Å². The molecule has 1 aliphatic rings. The van der Waals surface area contributed by atoms with Gasteiger partial charge in [-0.3, -0.25) is 4.79 Å². The highest BCUT2D eigenvalue weighted by atomic mass is 16.3. The summed E-state index contributed by atoms with van der Waals surface area (Å²) in [7, 11) is 1.50. The van der Waals surface area contributed by atoms with Crippen LogP contribution in [-0.4, -0.2) is 28.6 Å². The molecule has 0 amide bonds. The number of carbonyl (C=O) groups excluding carboxylic acids is 1. The SMILES string of the molecule is CC.CC.CCc1ccc2ccn(C3=CC(=O)C3O)c2c1.CN. The van der Waals surface area contributed by atoms with Crippen LogP contribution in [0, 0.1) is 0 Å². The fourth-order valence-corrected chi connectivity index (χ4v) is 2.17. The van der Waals surface area contributed by atoms with E-state index in [1.165, 1.54) is 18.7 Å². The van der Waals surface area contributed by atoms with Crippen LogP contribution >= 0.6 is 0 Å². The third-order valence-corrected chi connectivity index (χ3v) is 3.28. The van der Waals surface area contributed by atoms with E-state index >= 15 is 0 Å². The van der Waals surface area contributed by atoms with E-state index in [0.29, 0.717) is 5.70 Å². The van der Waals surface area contributed by atoms with Crippen LogP contribution in [0.15, 0.2) is 36.5 Å². The number of hydrogen-bond acceptors (Lipinski definition) is 3. The Morgan fingerprint density at radius 1 is 1.13 bits per heavy atom. The van der Waals surface area contributed by atoms with Gasteiger partial charge in [0.2, 0.25) is 0 Å². The highest BCUT2D eigenvalue weighted by Gasteiger charge is 2.30. The summed E-state index contributed by atoms with van der Waals surface area (Å²) in [5, 5.41) is 10.7. The summed E-state index contributed by atoms with van der Waals surface area (Å²) >= 11 is 0. The van der Waals surface area contributed by atoms with Gasteiger partial charge in [0, 0.05) is 12.3 Å². The number of nitrogens with two attached hydrogens (primary N) is 1. The van der Waals surface area contributed by atoms with Crippen LogP contribution in [-0.2, 0) is 11.2 Å². The van der Waals surface area contributed by atoms with Crippen LogP contribution < -0.4 is 5.73 Å². The highest BCUT2D eigenvalue weighted by Crippen LogP contribution is 2.27. The Morgan fingerprint density at radius 3 is 2.22 bits per heavy atom. The number of benzene rings is 1. The number of aryl methyl sites for hydroxylation is 1. The average molecular weight is 318 g/mol. The number of aliphatic hydroxyl groups excluding tert-OH is 1. The predicted molar refractivity (Wildman–Crippen MR) is 99.4 cm³/mol. The minimum absolute atomic E-state index is 0.214. The summed E-state index contributed by atoms with van der Waals surface area (Å²) in [6, 6.07) is 8.26. The summed E-state index contributed by atoms with van der Waals surface area (Å²) in [5.74, 6) is -0.214. The Bertz CT molecular complexity index is 642. The van der Waals surface area contributed by atoms with Crippen molar-refractivity contribution in [3.8, 4) is 0 Å². The Kier molecular flexibility index (Phi) is 9.86. The maximum absolute atomic E-state index is 11.1. The number of aromatic nitrogens is 1. The molecule has 4 nitrogen and oxygen atoms in total. The standard InChI is InChI=1S/C14H13NO2.2C2H6.CH5N/c1-2-9-3-4-10-5-6-15(11(10)7-9)12-8-13(16)14(12)17;3*1-2/h3-8,14,17H,2H2,1H3;2*1-2H3;2H2,1H3. The molecule has 0 saturated heterocycles. The number of ketones is 1. The second kappa shape index (κ2) is 10.8. The average Bonchev–Trinajstić information content (AvgIpc) is 3.06. The van der Waals surface area contributed by atoms with E-state index in [2.05, 4.69) is 30.9 Å². The third kappa shape index (κ3) is 4.53. The molecule has 3 N–H and O–H groups in total. The van der Waals surface area contributed by atoms with E-state index in [9.17, 15) is 9.90 Å². The van der Waals surface area contributed by atoms with Gasteiger partial charge >= 0.3 is 0 Å². The van der Waals surface area contributed by atoms with Crippen molar-refractivity contribution in [2.45, 2.75) is 47.1 Å². The van der Waals surface area contributed by atoms with Crippen LogP contribution in [0.5, 0.6) is 0 Å². The monoisotopic (exact) mass is 318 g/mol. The Balaban J connectivity index is 0.000000728. The molecule has 4 heteroatoms. The number of nitrogens with zero attached hydrogens (tertiary/aromatic N) is 1. The first kappa shape index (κ1) is 21.1. The first-order chi connectivity index (χ1) is 11.2. The predicted octanol–water partition coefficient (Wildman–Crippen LogP) is 3.62. The largest absolute Gasteiger partial charge is 0.379 e. The molecule has 1 aromatic carbocycles. The Hall–Kier alpha value is -1.91. The second-order valence-corrected chi connectivity index (χ2v) is 4.31. The second-order valence-electron chi connectivity index (χ2n) is 4.31. The molecule has 0 saturated carbocycles. The summed E-state index contributed by atoms with van der Waals surface area (Å²) < 4.78 is 1.89. The Labute approximate surface area is 139 Å². The van der Waals surface area contributed by atoms with E-state index < -0.39 is 6.10 Å². The van der Waals surface area contributed by atoms with Crippen LogP contribution in [0.2, 0.25) is 0 Å². The van der Waals surface area contributed by atoms with Crippen molar-refractivity contribution < 1.29 is 9.90 Å². The number of carbonyl (C=O) groups is 1. The van der Waals surface area contributed by atoms with Gasteiger partial charge in [0.1, 0.15) is 0 Å². The molecule has 0 spiro atoms. The number of aliphatic hydroxyl groups is 1. The molecular weight excluding hydrogens is 288 g/mol. The smallest absolute Gasteiger partial charge is 0.192 e. The summed E-state index contributed by atoms with van der Waals surface area (Å²) in [6.07, 6.45) is 3.39. The maximum Gasteiger partial charge on any atom is 0.192 e. The van der Waals surface area contributed by atoms with Crippen molar-refractivity contribution in [1.82, 2.24) is 4.57 Å². The van der Waals surface area contributed by atoms with Crippen molar-refractivity contribution in [3.05, 3.63) is 42.1 Å². The fraction of sp³-hybridized carbons (Fsp3) is 0.421. The molecule has 3 rings (SSSR count).